The fraction of sp³-hybridized carbons (Fsp3) is 0.526. The van der Waals surface area contributed by atoms with Crippen molar-refractivity contribution in [3.05, 3.63) is 40.9 Å². The number of nitrogens with zero attached hydrogens (tertiary/aromatic N) is 3. The molecule has 0 fully saturated rings. The number of hydrogen-bond acceptors (Lipinski definition) is 5. The normalized spacial score (nSPS) is 12.2. The lowest BCUT2D eigenvalue weighted by atomic mass is 9.94. The summed E-state index contributed by atoms with van der Waals surface area (Å²) in [6.07, 6.45) is 3.60. The number of aliphatic imine (C=N–C) groups is 1. The van der Waals surface area contributed by atoms with Crippen LogP contribution in [0.4, 0.5) is 0 Å². The molecule has 7 nitrogen and oxygen atoms in total. The van der Waals surface area contributed by atoms with E-state index in [2.05, 4.69) is 46.4 Å². The summed E-state index contributed by atoms with van der Waals surface area (Å²) in [7, 11) is 3.40. The summed E-state index contributed by atoms with van der Waals surface area (Å²) >= 11 is 0. The Hall–Kier alpha value is -2.57. The summed E-state index contributed by atoms with van der Waals surface area (Å²) in [5, 5.41) is 6.46. The molecule has 2 heterocycles. The van der Waals surface area contributed by atoms with Crippen molar-refractivity contribution in [3.63, 3.8) is 0 Å². The zero-order chi connectivity index (χ0) is 19.3. The topological polar surface area (TPSA) is 84.6 Å². The van der Waals surface area contributed by atoms with Gasteiger partial charge >= 0.3 is 0 Å². The number of guanidine groups is 1. The van der Waals surface area contributed by atoms with Crippen LogP contribution in [-0.2, 0) is 18.5 Å². The fourth-order valence-corrected chi connectivity index (χ4v) is 2.54. The number of ether oxygens (including phenoxy) is 1. The van der Waals surface area contributed by atoms with Crippen LogP contribution < -0.4 is 15.4 Å². The van der Waals surface area contributed by atoms with Gasteiger partial charge in [0.15, 0.2) is 5.96 Å². The zero-order valence-electron chi connectivity index (χ0n) is 16.7. The van der Waals surface area contributed by atoms with Crippen LogP contribution in [0, 0.1) is 13.8 Å². The van der Waals surface area contributed by atoms with Crippen molar-refractivity contribution in [1.82, 2.24) is 20.6 Å². The average molecular weight is 359 g/mol. The van der Waals surface area contributed by atoms with Gasteiger partial charge in [-0.3, -0.25) is 9.98 Å². The number of nitrogens with one attached hydrogen (secondary N) is 2. The zero-order valence-corrected chi connectivity index (χ0v) is 16.7. The number of aryl methyl sites for hydroxylation is 1. The standard InChI is InChI=1S/C19H29N5O2/c1-12-8-21-14(13(2)17(12)25-7)9-23-18(20-6)24-11-16-22-10-15(26-16)19(3,4)5/h8,10H,9,11H2,1-7H3,(H2,20,23,24). The Morgan fingerprint density at radius 2 is 1.85 bits per heavy atom. The van der Waals surface area contributed by atoms with E-state index >= 15 is 0 Å². The molecule has 0 aliphatic rings. The van der Waals surface area contributed by atoms with Crippen molar-refractivity contribution in [2.24, 2.45) is 4.99 Å². The molecular weight excluding hydrogens is 330 g/mol. The van der Waals surface area contributed by atoms with Gasteiger partial charge in [0.05, 0.1) is 32.1 Å². The third-order valence-electron chi connectivity index (χ3n) is 4.10. The van der Waals surface area contributed by atoms with Crippen molar-refractivity contribution in [2.75, 3.05) is 14.2 Å². The molecule has 0 atom stereocenters. The lowest BCUT2D eigenvalue weighted by molar-refractivity contribution is 0.379. The smallest absolute Gasteiger partial charge is 0.213 e. The van der Waals surface area contributed by atoms with Crippen LogP contribution in [0.15, 0.2) is 21.8 Å². The maximum absolute atomic E-state index is 5.78. The van der Waals surface area contributed by atoms with Crippen LogP contribution in [-0.4, -0.2) is 30.1 Å². The molecule has 0 aliphatic carbocycles. The van der Waals surface area contributed by atoms with Crippen LogP contribution in [0.3, 0.4) is 0 Å². The van der Waals surface area contributed by atoms with Crippen molar-refractivity contribution >= 4 is 5.96 Å². The predicted molar refractivity (Wildman–Crippen MR) is 103 cm³/mol. The van der Waals surface area contributed by atoms with E-state index in [4.69, 9.17) is 9.15 Å². The lowest BCUT2D eigenvalue weighted by Crippen LogP contribution is -2.36. The van der Waals surface area contributed by atoms with Crippen LogP contribution in [0.25, 0.3) is 0 Å². The van der Waals surface area contributed by atoms with Crippen molar-refractivity contribution < 1.29 is 9.15 Å². The number of aromatic nitrogens is 2. The molecule has 142 valence electrons. The molecule has 2 N–H and O–H groups in total. The number of hydrogen-bond donors (Lipinski definition) is 2. The second-order valence-electron chi connectivity index (χ2n) is 7.19. The molecule has 0 unspecified atom stereocenters. The van der Waals surface area contributed by atoms with E-state index in [9.17, 15) is 0 Å². The molecule has 0 spiro atoms. The van der Waals surface area contributed by atoms with Gasteiger partial charge in [0.2, 0.25) is 5.89 Å². The highest BCUT2D eigenvalue weighted by molar-refractivity contribution is 5.79. The second kappa shape index (κ2) is 8.21. The Bertz CT molecular complexity index is 775. The van der Waals surface area contributed by atoms with E-state index in [-0.39, 0.29) is 5.41 Å². The molecule has 0 saturated heterocycles. The van der Waals surface area contributed by atoms with E-state index in [0.29, 0.717) is 24.9 Å². The Balaban J connectivity index is 1.96. The minimum atomic E-state index is -0.0567. The third-order valence-corrected chi connectivity index (χ3v) is 4.10. The SMILES string of the molecule is CN=C(NCc1ncc(C(C)(C)C)o1)NCc1ncc(C)c(OC)c1C. The van der Waals surface area contributed by atoms with Crippen LogP contribution in [0.5, 0.6) is 5.75 Å². The lowest BCUT2D eigenvalue weighted by Gasteiger charge is -2.15. The molecule has 0 amide bonds. The highest BCUT2D eigenvalue weighted by atomic mass is 16.5. The Morgan fingerprint density at radius 1 is 1.15 bits per heavy atom. The van der Waals surface area contributed by atoms with Gasteiger partial charge < -0.3 is 19.8 Å². The summed E-state index contributed by atoms with van der Waals surface area (Å²) in [5.74, 6) is 3.02. The molecule has 0 radical (unpaired) electrons. The number of rotatable bonds is 5. The first kappa shape index (κ1) is 19.8. The summed E-state index contributed by atoms with van der Waals surface area (Å²) in [6.45, 7) is 11.3. The maximum atomic E-state index is 5.78. The molecule has 0 saturated carbocycles. The molecule has 2 aromatic rings. The first-order chi connectivity index (χ1) is 12.3. The van der Waals surface area contributed by atoms with Gasteiger partial charge in [-0.1, -0.05) is 20.8 Å². The Morgan fingerprint density at radius 3 is 2.42 bits per heavy atom. The van der Waals surface area contributed by atoms with Crippen LogP contribution in [0.2, 0.25) is 0 Å². The molecule has 26 heavy (non-hydrogen) atoms. The van der Waals surface area contributed by atoms with Crippen molar-refractivity contribution in [1.29, 1.82) is 0 Å². The maximum Gasteiger partial charge on any atom is 0.213 e. The molecule has 7 heteroatoms. The highest BCUT2D eigenvalue weighted by Crippen LogP contribution is 2.24. The minimum Gasteiger partial charge on any atom is -0.496 e. The van der Waals surface area contributed by atoms with Gasteiger partial charge in [0.25, 0.3) is 0 Å². The molecule has 2 aromatic heterocycles. The summed E-state index contributed by atoms with van der Waals surface area (Å²) in [4.78, 5) is 13.0. The first-order valence-corrected chi connectivity index (χ1v) is 8.65. The average Bonchev–Trinajstić information content (AvgIpc) is 3.06. The molecule has 0 bridgehead atoms. The van der Waals surface area contributed by atoms with Crippen molar-refractivity contribution in [2.45, 2.75) is 53.1 Å². The molecule has 0 aliphatic heterocycles. The second-order valence-corrected chi connectivity index (χ2v) is 7.19. The third kappa shape index (κ3) is 4.74. The van der Waals surface area contributed by atoms with Crippen LogP contribution >= 0.6 is 0 Å². The van der Waals surface area contributed by atoms with E-state index in [1.54, 1.807) is 20.4 Å². The largest absolute Gasteiger partial charge is 0.496 e. The van der Waals surface area contributed by atoms with Gasteiger partial charge in [0.1, 0.15) is 11.5 Å². The summed E-state index contributed by atoms with van der Waals surface area (Å²) in [6, 6.07) is 0. The Labute approximate surface area is 155 Å². The molecule has 2 rings (SSSR count). The molecule has 0 aromatic carbocycles. The molecular formula is C19H29N5O2. The van der Waals surface area contributed by atoms with Gasteiger partial charge in [-0.25, -0.2) is 4.98 Å². The first-order valence-electron chi connectivity index (χ1n) is 8.65. The quantitative estimate of drug-likeness (QED) is 0.631. The Kier molecular flexibility index (Phi) is 6.23. The minimum absolute atomic E-state index is 0.0567. The van der Waals surface area contributed by atoms with E-state index in [0.717, 1.165) is 28.3 Å². The monoisotopic (exact) mass is 359 g/mol. The number of pyridine rings is 1. The number of methoxy groups -OCH3 is 1. The van der Waals surface area contributed by atoms with Crippen LogP contribution in [0.1, 0.15) is 49.2 Å². The highest BCUT2D eigenvalue weighted by Gasteiger charge is 2.19. The predicted octanol–water partition coefficient (Wildman–Crippen LogP) is 2.86. The van der Waals surface area contributed by atoms with Gasteiger partial charge in [0, 0.05) is 29.8 Å². The van der Waals surface area contributed by atoms with E-state index in [1.165, 1.54) is 0 Å². The summed E-state index contributed by atoms with van der Waals surface area (Å²) < 4.78 is 11.2. The van der Waals surface area contributed by atoms with E-state index < -0.39 is 0 Å². The number of oxazole rings is 1. The van der Waals surface area contributed by atoms with Gasteiger partial charge in [-0.05, 0) is 13.8 Å². The fourth-order valence-electron chi connectivity index (χ4n) is 2.54. The summed E-state index contributed by atoms with van der Waals surface area (Å²) in [5.41, 5.74) is 2.91. The van der Waals surface area contributed by atoms with Gasteiger partial charge in [-0.15, -0.1) is 0 Å². The van der Waals surface area contributed by atoms with Gasteiger partial charge in [-0.2, -0.15) is 0 Å². The van der Waals surface area contributed by atoms with E-state index in [1.807, 2.05) is 20.0 Å². The van der Waals surface area contributed by atoms with Crippen molar-refractivity contribution in [3.8, 4) is 5.75 Å².